The van der Waals surface area contributed by atoms with Gasteiger partial charge in [0.25, 0.3) is 0 Å². The minimum Gasteiger partial charge on any atom is -0.619 e. The molecule has 0 aliphatic heterocycles. The summed E-state index contributed by atoms with van der Waals surface area (Å²) in [7, 11) is 6.88. The van der Waals surface area contributed by atoms with Crippen LogP contribution in [0.4, 0.5) is 0 Å². The summed E-state index contributed by atoms with van der Waals surface area (Å²) in [6.07, 6.45) is 1.67. The van der Waals surface area contributed by atoms with Crippen molar-refractivity contribution in [3.8, 4) is 11.5 Å². The fourth-order valence-corrected chi connectivity index (χ4v) is 6.21. The van der Waals surface area contributed by atoms with E-state index >= 15 is 0 Å². The molecule has 1 N–H and O–H groups in total. The van der Waals surface area contributed by atoms with Crippen LogP contribution in [0.2, 0.25) is 10.0 Å². The average Bonchev–Trinajstić information content (AvgIpc) is 3.53. The van der Waals surface area contributed by atoms with E-state index in [0.717, 1.165) is 10.4 Å². The van der Waals surface area contributed by atoms with Gasteiger partial charge in [-0.15, -0.1) is 11.3 Å². The molecule has 0 radical (unpaired) electrons. The molecule has 4 rings (SSSR count). The average molecular weight is 703 g/mol. The van der Waals surface area contributed by atoms with Crippen molar-refractivity contribution < 1.29 is 33.3 Å². The van der Waals surface area contributed by atoms with Gasteiger partial charge in [-0.1, -0.05) is 59.6 Å². The van der Waals surface area contributed by atoms with Crippen LogP contribution in [0.1, 0.15) is 43.3 Å². The first-order chi connectivity index (χ1) is 22.6. The third-order valence-electron chi connectivity index (χ3n) is 7.26. The van der Waals surface area contributed by atoms with E-state index in [0.29, 0.717) is 58.5 Å². The number of carbonyl (C=O) groups is 2. The molecule has 2 atom stereocenters. The molecule has 13 heteroatoms. The number of pyridine rings is 1. The molecule has 0 aliphatic carbocycles. The topological polar surface area (TPSA) is 113 Å². The first-order valence-electron chi connectivity index (χ1n) is 14.7. The van der Waals surface area contributed by atoms with E-state index in [4.69, 9.17) is 42.1 Å². The number of thiophene rings is 1. The third-order valence-corrected chi connectivity index (χ3v) is 8.97. The monoisotopic (exact) mass is 701 g/mol. The highest BCUT2D eigenvalue weighted by molar-refractivity contribution is 7.13. The Bertz CT molecular complexity index is 1630. The van der Waals surface area contributed by atoms with Crippen molar-refractivity contribution >= 4 is 46.5 Å². The molecule has 47 heavy (non-hydrogen) atoms. The number of nitrogens with one attached hydrogen (secondary N) is 1. The predicted molar refractivity (Wildman–Crippen MR) is 182 cm³/mol. The molecule has 2 heterocycles. The fourth-order valence-electron chi connectivity index (χ4n) is 4.75. The number of rotatable bonds is 16. The van der Waals surface area contributed by atoms with Gasteiger partial charge < -0.3 is 34.4 Å². The molecule has 0 saturated heterocycles. The van der Waals surface area contributed by atoms with Crippen LogP contribution < -0.4 is 19.5 Å². The molecule has 10 nitrogen and oxygen atoms in total. The van der Waals surface area contributed by atoms with Crippen LogP contribution in [0.15, 0.2) is 73.1 Å². The van der Waals surface area contributed by atoms with Gasteiger partial charge in [0.05, 0.1) is 20.1 Å². The first kappa shape index (κ1) is 36.0. The minimum absolute atomic E-state index is 0.102. The van der Waals surface area contributed by atoms with Crippen molar-refractivity contribution in [3.05, 3.63) is 115 Å². The van der Waals surface area contributed by atoms with Crippen molar-refractivity contribution in [1.29, 1.82) is 0 Å². The lowest BCUT2D eigenvalue weighted by atomic mass is 9.99. The SMILES string of the molecule is COc1ccc(C(Cc2c(Cl)c[n+]([O-])cc2Cl)OC(=O)c2ccc(CNCC(C(=O)OCCN(C)C)c3ccccc3)s2)cc1OC. The minimum atomic E-state index is -0.825. The normalized spacial score (nSPS) is 12.4. The summed E-state index contributed by atoms with van der Waals surface area (Å²) in [4.78, 5) is 29.6. The van der Waals surface area contributed by atoms with E-state index in [1.807, 2.05) is 55.4 Å². The van der Waals surface area contributed by atoms with Crippen LogP contribution >= 0.6 is 34.5 Å². The van der Waals surface area contributed by atoms with Gasteiger partial charge in [-0.05, 0) is 49.5 Å². The molecule has 0 bridgehead atoms. The lowest BCUT2D eigenvalue weighted by molar-refractivity contribution is -0.605. The summed E-state index contributed by atoms with van der Waals surface area (Å²) in [5.41, 5.74) is 1.93. The van der Waals surface area contributed by atoms with Gasteiger partial charge in [0, 0.05) is 36.5 Å². The van der Waals surface area contributed by atoms with E-state index in [-0.39, 0.29) is 22.4 Å². The summed E-state index contributed by atoms with van der Waals surface area (Å²) in [6.45, 7) is 1.71. The molecule has 2 aromatic carbocycles. The van der Waals surface area contributed by atoms with Crippen molar-refractivity contribution in [2.45, 2.75) is 25.0 Å². The van der Waals surface area contributed by atoms with E-state index in [9.17, 15) is 14.8 Å². The van der Waals surface area contributed by atoms with E-state index in [1.165, 1.54) is 38.0 Å². The smallest absolute Gasteiger partial charge is 0.348 e. The predicted octanol–water partition coefficient (Wildman–Crippen LogP) is 5.82. The molecule has 0 saturated carbocycles. The van der Waals surface area contributed by atoms with Crippen LogP contribution in [0.25, 0.3) is 0 Å². The number of likely N-dealkylation sites (N-methyl/N-ethyl adjacent to an activating group) is 1. The van der Waals surface area contributed by atoms with Gasteiger partial charge in [0.2, 0.25) is 0 Å². The Balaban J connectivity index is 1.47. The lowest BCUT2D eigenvalue weighted by Crippen LogP contribution is -2.29. The third kappa shape index (κ3) is 10.1. The second-order valence-electron chi connectivity index (χ2n) is 10.8. The largest absolute Gasteiger partial charge is 0.619 e. The summed E-state index contributed by atoms with van der Waals surface area (Å²) >= 11 is 14.0. The molecule has 0 aliphatic rings. The quantitative estimate of drug-likeness (QED) is 0.0877. The second-order valence-corrected chi connectivity index (χ2v) is 12.8. The van der Waals surface area contributed by atoms with Crippen LogP contribution in [0.5, 0.6) is 11.5 Å². The van der Waals surface area contributed by atoms with Crippen molar-refractivity contribution in [2.24, 2.45) is 0 Å². The van der Waals surface area contributed by atoms with Crippen LogP contribution in [-0.4, -0.2) is 64.8 Å². The molecule has 0 spiro atoms. The number of hydrogen-bond donors (Lipinski definition) is 1. The standard InChI is InChI=1S/C34H37Cl2N3O7S/c1-38(2)14-15-45-33(40)26(22-8-6-5-7-9-22)19-37-18-24-11-13-32(47-24)34(41)46-30(17-25-27(35)20-39(42)21-28(25)36)23-10-12-29(43-3)31(16-23)44-4/h5-13,16,20-21,26,30,37H,14-15,17-19H2,1-4H3. The Morgan fingerprint density at radius 3 is 2.32 bits per heavy atom. The molecular formula is C34H37Cl2N3O7S. The van der Waals surface area contributed by atoms with E-state index in [2.05, 4.69) is 5.32 Å². The van der Waals surface area contributed by atoms with E-state index < -0.39 is 18.0 Å². The Morgan fingerprint density at radius 1 is 0.957 bits per heavy atom. The number of ether oxygens (including phenoxy) is 4. The Kier molecular flexibility index (Phi) is 13.3. The summed E-state index contributed by atoms with van der Waals surface area (Å²) in [5.74, 6) is -0.372. The van der Waals surface area contributed by atoms with Crippen molar-refractivity contribution in [3.63, 3.8) is 0 Å². The maximum absolute atomic E-state index is 13.5. The summed E-state index contributed by atoms with van der Waals surface area (Å²) in [6, 6.07) is 18.2. The lowest BCUT2D eigenvalue weighted by Gasteiger charge is -2.20. The number of carbonyl (C=O) groups excluding carboxylic acids is 2. The van der Waals surface area contributed by atoms with Crippen molar-refractivity contribution in [1.82, 2.24) is 10.2 Å². The number of benzene rings is 2. The number of nitrogens with zero attached hydrogens (tertiary/aromatic N) is 2. The second kappa shape index (κ2) is 17.3. The van der Waals surface area contributed by atoms with Crippen LogP contribution in [-0.2, 0) is 27.2 Å². The zero-order valence-electron chi connectivity index (χ0n) is 26.5. The molecular weight excluding hydrogens is 665 g/mol. The molecule has 250 valence electrons. The number of aromatic nitrogens is 1. The highest BCUT2D eigenvalue weighted by Crippen LogP contribution is 2.36. The molecule has 0 fully saturated rings. The summed E-state index contributed by atoms with van der Waals surface area (Å²) in [5, 5.41) is 15.5. The Hall–Kier alpha value is -3.87. The van der Waals surface area contributed by atoms with E-state index in [1.54, 1.807) is 24.3 Å². The maximum Gasteiger partial charge on any atom is 0.348 e. The number of esters is 2. The molecule has 4 aromatic rings. The van der Waals surface area contributed by atoms with Gasteiger partial charge in [0.15, 0.2) is 23.9 Å². The van der Waals surface area contributed by atoms with Gasteiger partial charge in [0.1, 0.15) is 27.6 Å². The summed E-state index contributed by atoms with van der Waals surface area (Å²) < 4.78 is 22.9. The van der Waals surface area contributed by atoms with Gasteiger partial charge in [-0.25, -0.2) is 4.79 Å². The first-order valence-corrected chi connectivity index (χ1v) is 16.3. The van der Waals surface area contributed by atoms with Crippen LogP contribution in [0, 0.1) is 5.21 Å². The van der Waals surface area contributed by atoms with Gasteiger partial charge in [-0.3, -0.25) is 4.79 Å². The van der Waals surface area contributed by atoms with Gasteiger partial charge >= 0.3 is 11.9 Å². The molecule has 2 unspecified atom stereocenters. The van der Waals surface area contributed by atoms with Crippen molar-refractivity contribution in [2.75, 3.05) is 48.0 Å². The Labute approximate surface area is 288 Å². The van der Waals surface area contributed by atoms with Gasteiger partial charge in [-0.2, -0.15) is 4.73 Å². The number of hydrogen-bond acceptors (Lipinski definition) is 10. The maximum atomic E-state index is 13.5. The highest BCUT2D eigenvalue weighted by atomic mass is 35.5. The molecule has 0 amide bonds. The zero-order valence-corrected chi connectivity index (χ0v) is 28.9. The highest BCUT2D eigenvalue weighted by Gasteiger charge is 2.26. The number of halogens is 2. The van der Waals surface area contributed by atoms with Crippen LogP contribution in [0.3, 0.4) is 0 Å². The fraction of sp³-hybridized carbons (Fsp3) is 0.324. The molecule has 2 aromatic heterocycles. The Morgan fingerprint density at radius 2 is 1.66 bits per heavy atom. The zero-order chi connectivity index (χ0) is 33.9. The number of methoxy groups -OCH3 is 2.